The van der Waals surface area contributed by atoms with Gasteiger partial charge in [0.1, 0.15) is 12.2 Å². The third-order valence-corrected chi connectivity index (χ3v) is 17.8. The van der Waals surface area contributed by atoms with Crippen LogP contribution < -0.4 is 0 Å². The average molecular weight is 1010 g/mol. The van der Waals surface area contributed by atoms with Gasteiger partial charge in [-0.15, -0.1) is 0 Å². The van der Waals surface area contributed by atoms with E-state index in [1.165, 1.54) is 44.5 Å². The van der Waals surface area contributed by atoms with E-state index in [1.807, 2.05) is 0 Å². The largest absolute Gasteiger partial charge is 0.341 e. The highest BCUT2D eigenvalue weighted by Crippen LogP contribution is 2.67. The van der Waals surface area contributed by atoms with E-state index in [0.717, 1.165) is 48.2 Å². The first kappa shape index (κ1) is 57.8. The van der Waals surface area contributed by atoms with Crippen molar-refractivity contribution in [3.8, 4) is 0 Å². The second kappa shape index (κ2) is 18.7. The van der Waals surface area contributed by atoms with Crippen LogP contribution in [0, 0.1) is 0 Å². The second-order valence-electron chi connectivity index (χ2n) is 31.2. The second-order valence-corrected chi connectivity index (χ2v) is 32.6. The zero-order valence-electron chi connectivity index (χ0n) is 50.9. The molecule has 6 heteroatoms. The van der Waals surface area contributed by atoms with E-state index in [2.05, 4.69) is 257 Å². The van der Waals surface area contributed by atoms with Gasteiger partial charge in [-0.2, -0.15) is 0 Å². The maximum Gasteiger partial charge on any atom is 0.261 e. The van der Waals surface area contributed by atoms with Crippen LogP contribution in [-0.4, -0.2) is 35.8 Å². The number of fused-ring (bicyclic) bond motifs is 1. The van der Waals surface area contributed by atoms with Crippen LogP contribution in [0.4, 0.5) is 0 Å². The lowest BCUT2D eigenvalue weighted by Gasteiger charge is -2.44. The van der Waals surface area contributed by atoms with E-state index in [-0.39, 0.29) is 43.3 Å². The Labute approximate surface area is 447 Å². The fraction of sp³-hybridized carbons (Fsp3) is 0.642. The molecular weight excluding hydrogens is 914 g/mol. The highest BCUT2D eigenvalue weighted by molar-refractivity contribution is 7.44. The Hall–Kier alpha value is -2.89. The average Bonchev–Trinajstić information content (AvgIpc) is 3.87. The first-order chi connectivity index (χ1) is 32.9. The van der Waals surface area contributed by atoms with Crippen molar-refractivity contribution in [1.29, 1.82) is 0 Å². The van der Waals surface area contributed by atoms with E-state index in [4.69, 9.17) is 18.5 Å². The van der Waals surface area contributed by atoms with Crippen LogP contribution in [0.25, 0.3) is 0 Å². The summed E-state index contributed by atoms with van der Waals surface area (Å²) in [6, 6.07) is 29.4. The molecule has 0 N–H and O–H groups in total. The topological polar surface area (TPSA) is 40.2 Å². The molecule has 73 heavy (non-hydrogen) atoms. The quantitative estimate of drug-likeness (QED) is 0.186. The number of nitrogens with zero attached hydrogens (tertiary/aromatic N) is 1. The summed E-state index contributed by atoms with van der Waals surface area (Å²) in [5.41, 5.74) is 10.5. The Morgan fingerprint density at radius 2 is 0.534 bits per heavy atom. The van der Waals surface area contributed by atoms with Crippen LogP contribution in [0.3, 0.4) is 0 Å². The summed E-state index contributed by atoms with van der Waals surface area (Å²) in [5, 5.41) is 0. The zero-order chi connectivity index (χ0) is 54.9. The molecule has 0 aromatic heterocycles. The molecule has 4 aromatic carbocycles. The van der Waals surface area contributed by atoms with Crippen molar-refractivity contribution in [3.63, 3.8) is 0 Å². The van der Waals surface area contributed by atoms with Gasteiger partial charge < -0.3 is 18.5 Å². The van der Waals surface area contributed by atoms with Crippen molar-refractivity contribution in [1.82, 2.24) is 4.67 Å². The molecule has 0 saturated carbocycles. The summed E-state index contributed by atoms with van der Waals surface area (Å²) in [6.45, 7) is 62.1. The highest BCUT2D eigenvalue weighted by atomic mass is 31.2. The molecule has 5 nitrogen and oxygen atoms in total. The van der Waals surface area contributed by atoms with Crippen molar-refractivity contribution in [2.45, 2.75) is 265 Å². The molecule has 402 valence electrons. The number of rotatable bonds is 5. The normalized spacial score (nSPS) is 21.6. The van der Waals surface area contributed by atoms with Crippen molar-refractivity contribution >= 4 is 8.53 Å². The molecule has 3 aliphatic heterocycles. The number of hydrogen-bond donors (Lipinski definition) is 0. The van der Waals surface area contributed by atoms with Gasteiger partial charge in [0.05, 0.1) is 0 Å². The lowest BCUT2D eigenvalue weighted by Crippen LogP contribution is -2.54. The maximum atomic E-state index is 8.58. The summed E-state index contributed by atoms with van der Waals surface area (Å²) in [5.74, 6) is -1.04. The van der Waals surface area contributed by atoms with E-state index in [1.54, 1.807) is 0 Å². The smallest absolute Gasteiger partial charge is 0.261 e. The standard InChI is InChI=1S/C67H100NO4P/c1-57(2,3)43-31-44(58(4,5)6)36-51(35-43)66(52-37-45(59(7,8)9)32-46(38-52)60(10,11)12)55-56(70-65(25,26)69-55)67(72-73(71-66)68-29-27-28-30-68,53-39-47(61(13,14)15)33-48(40-53)62(16,17)18)54-41-49(63(19,20)21)34-50(42-54)64(22,23)24/h31-42,55-56H,27-30H2,1-26H3/t55-,56-/m1/s1. The minimum atomic E-state index is -1.85. The van der Waals surface area contributed by atoms with Gasteiger partial charge in [0.15, 0.2) is 17.0 Å². The van der Waals surface area contributed by atoms with Gasteiger partial charge >= 0.3 is 0 Å². The van der Waals surface area contributed by atoms with Crippen molar-refractivity contribution < 1.29 is 18.5 Å². The monoisotopic (exact) mass is 1010 g/mol. The van der Waals surface area contributed by atoms with E-state index in [0.29, 0.717) is 0 Å². The third kappa shape index (κ3) is 11.6. The lowest BCUT2D eigenvalue weighted by atomic mass is 9.67. The number of benzene rings is 4. The molecule has 2 atom stereocenters. The van der Waals surface area contributed by atoms with Gasteiger partial charge in [0.2, 0.25) is 0 Å². The predicted molar refractivity (Wildman–Crippen MR) is 311 cm³/mol. The molecule has 3 heterocycles. The van der Waals surface area contributed by atoms with Crippen LogP contribution in [0.15, 0.2) is 72.8 Å². The predicted octanol–water partition coefficient (Wildman–Crippen LogP) is 18.1. The summed E-state index contributed by atoms with van der Waals surface area (Å²) in [4.78, 5) is 0. The fourth-order valence-electron chi connectivity index (χ4n) is 10.7. The van der Waals surface area contributed by atoms with E-state index >= 15 is 0 Å². The summed E-state index contributed by atoms with van der Waals surface area (Å²) in [6.07, 6.45) is 0.718. The first-order valence-electron chi connectivity index (χ1n) is 27.8. The zero-order valence-corrected chi connectivity index (χ0v) is 51.8. The van der Waals surface area contributed by atoms with Gasteiger partial charge in [-0.25, -0.2) is 4.67 Å². The maximum absolute atomic E-state index is 8.58. The molecule has 3 aliphatic rings. The Balaban J connectivity index is 1.81. The van der Waals surface area contributed by atoms with Crippen LogP contribution in [0.1, 0.15) is 260 Å². The van der Waals surface area contributed by atoms with Crippen molar-refractivity contribution in [2.75, 3.05) is 13.1 Å². The van der Waals surface area contributed by atoms with Crippen molar-refractivity contribution in [3.05, 3.63) is 140 Å². The molecular formula is C67H100NO4P. The van der Waals surface area contributed by atoms with Gasteiger partial charge in [0.25, 0.3) is 8.53 Å². The molecule has 0 amide bonds. The van der Waals surface area contributed by atoms with Gasteiger partial charge in [-0.05, 0) is 137 Å². The molecule has 0 unspecified atom stereocenters. The van der Waals surface area contributed by atoms with Gasteiger partial charge in [-0.1, -0.05) is 239 Å². The molecule has 0 spiro atoms. The third-order valence-electron chi connectivity index (χ3n) is 16.0. The Morgan fingerprint density at radius 3 is 0.712 bits per heavy atom. The molecule has 3 saturated heterocycles. The summed E-state index contributed by atoms with van der Waals surface area (Å²) >= 11 is 0. The van der Waals surface area contributed by atoms with Gasteiger partial charge in [-0.3, -0.25) is 0 Å². The Kier molecular flexibility index (Phi) is 14.8. The fourth-order valence-corrected chi connectivity index (χ4v) is 12.7. The molecule has 3 fully saturated rings. The van der Waals surface area contributed by atoms with Crippen molar-refractivity contribution in [2.24, 2.45) is 0 Å². The van der Waals surface area contributed by atoms with Crippen LogP contribution in [0.5, 0.6) is 0 Å². The summed E-state index contributed by atoms with van der Waals surface area (Å²) in [7, 11) is -1.85. The SMILES string of the molecule is CC1(C)O[C@@H]2[C@@H](O1)C(c1cc(C(C)(C)C)cc(C(C)(C)C)c1)(c1cc(C(C)(C)C)cc(C(C)(C)C)c1)OP(N1CCCC1)OC2(c1cc(C(C)(C)C)cc(C(C)(C)C)c1)c1cc(C(C)(C)C)cc(C(C)(C)C)c1. The van der Waals surface area contributed by atoms with Crippen LogP contribution in [-0.2, 0) is 73.0 Å². The molecule has 0 aliphatic carbocycles. The first-order valence-corrected chi connectivity index (χ1v) is 29.0. The van der Waals surface area contributed by atoms with E-state index < -0.39 is 37.7 Å². The van der Waals surface area contributed by atoms with Crippen LogP contribution >= 0.6 is 8.53 Å². The minimum absolute atomic E-state index is 0.176. The molecule has 0 radical (unpaired) electrons. The minimum Gasteiger partial charge on any atom is -0.341 e. The highest BCUT2D eigenvalue weighted by Gasteiger charge is 2.68. The number of ether oxygens (including phenoxy) is 2. The molecule has 0 bridgehead atoms. The lowest BCUT2D eigenvalue weighted by molar-refractivity contribution is -0.175. The van der Waals surface area contributed by atoms with Crippen LogP contribution in [0.2, 0.25) is 0 Å². The van der Waals surface area contributed by atoms with Gasteiger partial charge in [0, 0.05) is 13.1 Å². The molecule has 7 rings (SSSR count). The Bertz CT molecular complexity index is 2210. The number of hydrogen-bond acceptors (Lipinski definition) is 5. The molecule has 4 aromatic rings. The summed E-state index contributed by atoms with van der Waals surface area (Å²) < 4.78 is 35.6. The Morgan fingerprint density at radius 1 is 0.342 bits per heavy atom. The van der Waals surface area contributed by atoms with E-state index in [9.17, 15) is 0 Å².